The Balaban J connectivity index is 1.30. The van der Waals surface area contributed by atoms with E-state index in [1.165, 1.54) is 19.3 Å². The number of nitrogens with one attached hydrogen (secondary N) is 3. The van der Waals surface area contributed by atoms with Crippen molar-refractivity contribution in [3.63, 3.8) is 0 Å². The van der Waals surface area contributed by atoms with Gasteiger partial charge in [0.25, 0.3) is 0 Å². The monoisotopic (exact) mass is 333 g/mol. The first-order valence-electron chi connectivity index (χ1n) is 9.29. The number of aromatic nitrogens is 3. The van der Waals surface area contributed by atoms with E-state index >= 15 is 0 Å². The van der Waals surface area contributed by atoms with E-state index in [2.05, 4.69) is 25.8 Å². The molecule has 3 heterocycles. The van der Waals surface area contributed by atoms with Gasteiger partial charge in [-0.05, 0) is 51.0 Å². The number of H-pyrrole nitrogens is 1. The number of nitrogens with zero attached hydrogens (tertiary/aromatic N) is 2. The number of carbonyl (C=O) groups is 1. The molecule has 7 nitrogen and oxygen atoms in total. The van der Waals surface area contributed by atoms with E-state index in [0.717, 1.165) is 50.8 Å². The maximum atomic E-state index is 12.4. The Bertz CT molecular complexity index is 569. The number of fused-ring (bicyclic) bond motifs is 2. The zero-order chi connectivity index (χ0) is 16.4. The van der Waals surface area contributed by atoms with Gasteiger partial charge in [0, 0.05) is 31.2 Å². The summed E-state index contributed by atoms with van der Waals surface area (Å²) >= 11 is 0. The number of ether oxygens (including phenoxy) is 1. The van der Waals surface area contributed by atoms with Crippen molar-refractivity contribution in [3.8, 4) is 0 Å². The zero-order valence-electron chi connectivity index (χ0n) is 14.1. The normalized spacial score (nSPS) is 30.9. The van der Waals surface area contributed by atoms with E-state index in [4.69, 9.17) is 4.74 Å². The predicted octanol–water partition coefficient (Wildman–Crippen LogP) is 0.888. The fraction of sp³-hybridized carbons (Fsp3) is 0.824. The maximum Gasteiger partial charge on any atom is 0.227 e. The van der Waals surface area contributed by atoms with Crippen molar-refractivity contribution in [2.75, 3.05) is 19.8 Å². The molecular weight excluding hydrogens is 306 g/mol. The fourth-order valence-electron chi connectivity index (χ4n) is 4.33. The summed E-state index contributed by atoms with van der Waals surface area (Å²) in [4.78, 5) is 16.9. The van der Waals surface area contributed by atoms with Crippen LogP contribution in [-0.2, 0) is 16.0 Å². The van der Waals surface area contributed by atoms with Crippen molar-refractivity contribution in [1.82, 2.24) is 25.8 Å². The molecule has 0 radical (unpaired) electrons. The van der Waals surface area contributed by atoms with E-state index < -0.39 is 0 Å². The molecule has 1 aliphatic carbocycles. The first-order valence-corrected chi connectivity index (χ1v) is 9.29. The number of hydrogen-bond acceptors (Lipinski definition) is 5. The number of hydrogen-bond donors (Lipinski definition) is 3. The Kier molecular flexibility index (Phi) is 4.80. The molecule has 3 atom stereocenters. The highest BCUT2D eigenvalue weighted by molar-refractivity contribution is 5.78. The quantitative estimate of drug-likeness (QED) is 0.761. The minimum absolute atomic E-state index is 0.0421. The van der Waals surface area contributed by atoms with Crippen LogP contribution in [0.1, 0.15) is 56.1 Å². The Labute approximate surface area is 142 Å². The van der Waals surface area contributed by atoms with Crippen molar-refractivity contribution in [2.45, 2.75) is 62.9 Å². The molecule has 4 rings (SSSR count). The number of rotatable bonds is 4. The Morgan fingerprint density at radius 3 is 2.96 bits per heavy atom. The van der Waals surface area contributed by atoms with E-state index in [1.54, 1.807) is 0 Å². The third kappa shape index (κ3) is 3.62. The topological polar surface area (TPSA) is 91.9 Å². The zero-order valence-corrected chi connectivity index (χ0v) is 14.1. The van der Waals surface area contributed by atoms with Crippen LogP contribution in [0.4, 0.5) is 0 Å². The highest BCUT2D eigenvalue weighted by Crippen LogP contribution is 2.30. The van der Waals surface area contributed by atoms with E-state index in [0.29, 0.717) is 17.8 Å². The van der Waals surface area contributed by atoms with E-state index in [1.807, 2.05) is 0 Å². The molecule has 1 aromatic heterocycles. The first-order chi connectivity index (χ1) is 11.8. The Morgan fingerprint density at radius 1 is 1.21 bits per heavy atom. The summed E-state index contributed by atoms with van der Waals surface area (Å²) < 4.78 is 5.37. The van der Waals surface area contributed by atoms with Crippen LogP contribution < -0.4 is 10.6 Å². The summed E-state index contributed by atoms with van der Waals surface area (Å²) in [5, 5.41) is 14.0. The lowest BCUT2D eigenvalue weighted by Crippen LogP contribution is -2.56. The molecule has 3 aliphatic rings. The van der Waals surface area contributed by atoms with Crippen LogP contribution in [0.2, 0.25) is 0 Å². The van der Waals surface area contributed by atoms with Gasteiger partial charge in [-0.1, -0.05) is 0 Å². The van der Waals surface area contributed by atoms with Gasteiger partial charge in [-0.2, -0.15) is 5.10 Å². The summed E-state index contributed by atoms with van der Waals surface area (Å²) in [5.74, 6) is 2.74. The number of carbonyl (C=O) groups excluding carboxylic acids is 1. The molecule has 1 aromatic rings. The van der Waals surface area contributed by atoms with E-state index in [-0.39, 0.29) is 18.4 Å². The van der Waals surface area contributed by atoms with Gasteiger partial charge >= 0.3 is 0 Å². The largest absolute Gasteiger partial charge is 0.381 e. The van der Waals surface area contributed by atoms with Crippen LogP contribution in [0.15, 0.2) is 0 Å². The van der Waals surface area contributed by atoms with Crippen LogP contribution in [0, 0.1) is 5.92 Å². The first kappa shape index (κ1) is 16.0. The second-order valence-corrected chi connectivity index (χ2v) is 7.41. The molecule has 0 aromatic carbocycles. The Hall–Kier alpha value is -1.47. The summed E-state index contributed by atoms with van der Waals surface area (Å²) in [6, 6.07) is 0.695. The number of piperidine rings is 1. The number of amides is 1. The van der Waals surface area contributed by atoms with Crippen molar-refractivity contribution < 1.29 is 9.53 Å². The van der Waals surface area contributed by atoms with Crippen LogP contribution in [0.5, 0.6) is 0 Å². The molecule has 1 saturated carbocycles. The van der Waals surface area contributed by atoms with Gasteiger partial charge in [-0.25, -0.2) is 4.98 Å². The highest BCUT2D eigenvalue weighted by Gasteiger charge is 2.34. The molecular formula is C17H27N5O2. The van der Waals surface area contributed by atoms with Gasteiger partial charge < -0.3 is 15.4 Å². The SMILES string of the molecule is O=C(Cc1nc(C2CCOCC2)n[nH]1)NC1CCC2CCNC1C2. The van der Waals surface area contributed by atoms with Gasteiger partial charge in [-0.15, -0.1) is 0 Å². The highest BCUT2D eigenvalue weighted by atomic mass is 16.5. The van der Waals surface area contributed by atoms with Crippen LogP contribution in [0.25, 0.3) is 0 Å². The van der Waals surface area contributed by atoms with Crippen LogP contribution >= 0.6 is 0 Å². The lowest BCUT2D eigenvalue weighted by atomic mass is 9.78. The standard InChI is InChI=1S/C17H27N5O2/c23-16(19-13-2-1-11-3-6-18-14(13)9-11)10-15-20-17(22-21-15)12-4-7-24-8-5-12/h11-14,18H,1-10H2,(H,19,23)(H,20,21,22). The average Bonchev–Trinajstić information content (AvgIpc) is 3.07. The van der Waals surface area contributed by atoms with Gasteiger partial charge in [0.2, 0.25) is 5.91 Å². The molecule has 3 fully saturated rings. The molecule has 24 heavy (non-hydrogen) atoms. The summed E-state index contributed by atoms with van der Waals surface area (Å²) in [6.07, 6.45) is 6.99. The van der Waals surface area contributed by atoms with Gasteiger partial charge in [0.05, 0.1) is 6.42 Å². The average molecular weight is 333 g/mol. The smallest absolute Gasteiger partial charge is 0.227 e. The van der Waals surface area contributed by atoms with Crippen molar-refractivity contribution >= 4 is 5.91 Å². The minimum atomic E-state index is 0.0421. The van der Waals surface area contributed by atoms with Crippen molar-refractivity contribution in [1.29, 1.82) is 0 Å². The second-order valence-electron chi connectivity index (χ2n) is 7.41. The molecule has 132 valence electrons. The van der Waals surface area contributed by atoms with Gasteiger partial charge in [0.15, 0.2) is 5.82 Å². The molecule has 3 N–H and O–H groups in total. The second kappa shape index (κ2) is 7.19. The molecule has 7 heteroatoms. The Morgan fingerprint density at radius 2 is 2.08 bits per heavy atom. The third-order valence-corrected chi connectivity index (χ3v) is 5.73. The van der Waals surface area contributed by atoms with E-state index in [9.17, 15) is 4.79 Å². The van der Waals surface area contributed by atoms with Gasteiger partial charge in [-0.3, -0.25) is 9.89 Å². The van der Waals surface area contributed by atoms with Crippen LogP contribution in [-0.4, -0.2) is 52.9 Å². The lowest BCUT2D eigenvalue weighted by molar-refractivity contribution is -0.121. The predicted molar refractivity (Wildman–Crippen MR) is 88.6 cm³/mol. The molecule has 3 unspecified atom stereocenters. The lowest BCUT2D eigenvalue weighted by Gasteiger charge is -2.41. The molecule has 2 bridgehead atoms. The number of aromatic amines is 1. The fourth-order valence-corrected chi connectivity index (χ4v) is 4.33. The minimum Gasteiger partial charge on any atom is -0.381 e. The maximum absolute atomic E-state index is 12.4. The van der Waals surface area contributed by atoms with Crippen LogP contribution in [0.3, 0.4) is 0 Å². The van der Waals surface area contributed by atoms with Gasteiger partial charge in [0.1, 0.15) is 5.82 Å². The van der Waals surface area contributed by atoms with Crippen molar-refractivity contribution in [2.24, 2.45) is 5.92 Å². The third-order valence-electron chi connectivity index (χ3n) is 5.73. The molecule has 2 aliphatic heterocycles. The molecule has 0 spiro atoms. The molecule has 2 saturated heterocycles. The van der Waals surface area contributed by atoms with Crippen molar-refractivity contribution in [3.05, 3.63) is 11.6 Å². The summed E-state index contributed by atoms with van der Waals surface area (Å²) in [6.45, 7) is 2.62. The summed E-state index contributed by atoms with van der Waals surface area (Å²) in [7, 11) is 0. The molecule has 1 amide bonds. The summed E-state index contributed by atoms with van der Waals surface area (Å²) in [5.41, 5.74) is 0.